The number of unbranched alkanes of at least 4 members (excludes halogenated alkanes) is 8. The Balaban J connectivity index is -0.000000171. The van der Waals surface area contributed by atoms with E-state index in [2.05, 4.69) is 27.7 Å². The first-order valence-electron chi connectivity index (χ1n) is 11.8. The minimum absolute atomic E-state index is 0.140. The Morgan fingerprint density at radius 3 is 1.31 bits per heavy atom. The van der Waals surface area contributed by atoms with Crippen molar-refractivity contribution in [3.63, 3.8) is 0 Å². The normalized spacial score (nSPS) is 10.2. The summed E-state index contributed by atoms with van der Waals surface area (Å²) < 4.78 is 5.23. The molecule has 2 heteroatoms. The van der Waals surface area contributed by atoms with Crippen molar-refractivity contribution in [2.24, 2.45) is 0 Å². The highest BCUT2D eigenvalue weighted by molar-refractivity contribution is 5.66. The fourth-order valence-corrected chi connectivity index (χ4v) is 2.47. The Morgan fingerprint density at radius 1 is 0.615 bits per heavy atom. The first kappa shape index (κ1) is 33.1. The highest BCUT2D eigenvalue weighted by Crippen LogP contribution is 2.13. The number of carbonyl (C=O) groups excluding carboxylic acids is 1. The number of ether oxygens (including phenoxy) is 1. The molecule has 0 aliphatic heterocycles. The fourth-order valence-electron chi connectivity index (χ4n) is 2.47. The lowest BCUT2D eigenvalue weighted by Gasteiger charge is -2.15. The number of rotatable bonds is 13. The lowest BCUT2D eigenvalue weighted by Crippen LogP contribution is -2.15. The molecular weight excluding hydrogens is 320 g/mol. The van der Waals surface area contributed by atoms with Crippen LogP contribution in [0.4, 0.5) is 0 Å². The molecule has 0 saturated heterocycles. The van der Waals surface area contributed by atoms with Crippen LogP contribution in [0.15, 0.2) is 0 Å². The first-order chi connectivity index (χ1) is 12.6. The maximum Gasteiger partial charge on any atom is 0.302 e. The number of hydrogen-bond donors (Lipinski definition) is 0. The van der Waals surface area contributed by atoms with Gasteiger partial charge in [-0.3, -0.25) is 4.79 Å². The smallest absolute Gasteiger partial charge is 0.302 e. The largest absolute Gasteiger partial charge is 0.463 e. The molecule has 2 nitrogen and oxygen atoms in total. The molecule has 0 amide bonds. The van der Waals surface area contributed by atoms with Gasteiger partial charge in [-0.15, -0.1) is 0 Å². The summed E-state index contributed by atoms with van der Waals surface area (Å²) in [4.78, 5) is 10.8. The van der Waals surface area contributed by atoms with Crippen LogP contribution in [-0.4, -0.2) is 12.1 Å². The Labute approximate surface area is 167 Å². The summed E-state index contributed by atoms with van der Waals surface area (Å²) in [5, 5.41) is 0. The van der Waals surface area contributed by atoms with Gasteiger partial charge in [-0.1, -0.05) is 120 Å². The second kappa shape index (κ2) is 35.6. The Hall–Kier alpha value is -0.530. The average Bonchev–Trinajstić information content (AvgIpc) is 2.66. The summed E-state index contributed by atoms with van der Waals surface area (Å²) in [6.45, 7) is 18.3. The summed E-state index contributed by atoms with van der Waals surface area (Å²) in [7, 11) is 0. The standard InChI is InChI=1S/C12H24O2.C8H18.2C2H6/c1-4-6-7-8-10-12(9-5-2)14-11(3)13;1-3-5-7-8-6-4-2;2*1-2/h12H,4-10H2,1-3H3;3-8H2,1-2H3;2*1-2H3. The molecule has 0 spiro atoms. The van der Waals surface area contributed by atoms with E-state index in [4.69, 9.17) is 4.74 Å². The van der Waals surface area contributed by atoms with Gasteiger partial charge in [0.1, 0.15) is 6.10 Å². The highest BCUT2D eigenvalue weighted by Gasteiger charge is 2.09. The van der Waals surface area contributed by atoms with Gasteiger partial charge in [0, 0.05) is 6.92 Å². The average molecular weight is 375 g/mol. The van der Waals surface area contributed by atoms with E-state index >= 15 is 0 Å². The minimum atomic E-state index is -0.140. The van der Waals surface area contributed by atoms with Crippen molar-refractivity contribution in [3.8, 4) is 0 Å². The molecule has 1 atom stereocenters. The zero-order valence-electron chi connectivity index (χ0n) is 20.1. The van der Waals surface area contributed by atoms with Crippen molar-refractivity contribution in [3.05, 3.63) is 0 Å². The van der Waals surface area contributed by atoms with E-state index in [1.165, 1.54) is 71.1 Å². The molecule has 0 aliphatic carbocycles. The zero-order chi connectivity index (χ0) is 21.1. The monoisotopic (exact) mass is 374 g/mol. The van der Waals surface area contributed by atoms with Gasteiger partial charge in [0.15, 0.2) is 0 Å². The van der Waals surface area contributed by atoms with Gasteiger partial charge < -0.3 is 4.74 Å². The molecule has 0 fully saturated rings. The third-order valence-corrected chi connectivity index (χ3v) is 3.78. The molecule has 0 aliphatic rings. The predicted molar refractivity (Wildman–Crippen MR) is 121 cm³/mol. The van der Waals surface area contributed by atoms with Crippen molar-refractivity contribution >= 4 is 5.97 Å². The molecule has 0 radical (unpaired) electrons. The second-order valence-electron chi connectivity index (χ2n) is 6.28. The molecule has 0 aromatic heterocycles. The predicted octanol–water partition coefficient (Wildman–Crippen LogP) is 9.11. The number of carbonyl (C=O) groups is 1. The van der Waals surface area contributed by atoms with Crippen molar-refractivity contribution in [2.75, 3.05) is 0 Å². The van der Waals surface area contributed by atoms with Crippen LogP contribution in [0.25, 0.3) is 0 Å². The van der Waals surface area contributed by atoms with Crippen LogP contribution in [0.1, 0.15) is 146 Å². The van der Waals surface area contributed by atoms with E-state index in [0.29, 0.717) is 0 Å². The van der Waals surface area contributed by atoms with E-state index in [1.807, 2.05) is 27.7 Å². The van der Waals surface area contributed by atoms with Gasteiger partial charge in [0.2, 0.25) is 0 Å². The number of hydrogen-bond acceptors (Lipinski definition) is 2. The lowest BCUT2D eigenvalue weighted by molar-refractivity contribution is -0.147. The van der Waals surface area contributed by atoms with E-state index in [-0.39, 0.29) is 12.1 Å². The molecule has 26 heavy (non-hydrogen) atoms. The topological polar surface area (TPSA) is 26.3 Å². The van der Waals surface area contributed by atoms with Gasteiger partial charge >= 0.3 is 5.97 Å². The van der Waals surface area contributed by atoms with Gasteiger partial charge in [0.05, 0.1) is 0 Å². The van der Waals surface area contributed by atoms with Crippen molar-refractivity contribution in [1.82, 2.24) is 0 Å². The summed E-state index contributed by atoms with van der Waals surface area (Å²) in [6.07, 6.45) is 16.8. The van der Waals surface area contributed by atoms with E-state index in [9.17, 15) is 4.79 Å². The molecule has 0 aromatic carbocycles. The summed E-state index contributed by atoms with van der Waals surface area (Å²) in [5.41, 5.74) is 0. The Morgan fingerprint density at radius 2 is 1.00 bits per heavy atom. The SMILES string of the molecule is CC.CC.CCCCCCC(CCC)OC(C)=O.CCCCCCCC. The van der Waals surface area contributed by atoms with Crippen LogP contribution in [-0.2, 0) is 9.53 Å². The van der Waals surface area contributed by atoms with Gasteiger partial charge in [-0.25, -0.2) is 0 Å². The van der Waals surface area contributed by atoms with Gasteiger partial charge in [0.25, 0.3) is 0 Å². The van der Waals surface area contributed by atoms with Crippen LogP contribution in [0.5, 0.6) is 0 Å². The van der Waals surface area contributed by atoms with Crippen LogP contribution in [0, 0.1) is 0 Å². The highest BCUT2D eigenvalue weighted by atomic mass is 16.5. The Bertz CT molecular complexity index is 208. The molecule has 0 bridgehead atoms. The van der Waals surface area contributed by atoms with Crippen molar-refractivity contribution in [1.29, 1.82) is 0 Å². The third-order valence-electron chi connectivity index (χ3n) is 3.78. The molecule has 0 aromatic rings. The molecule has 0 heterocycles. The zero-order valence-corrected chi connectivity index (χ0v) is 20.1. The summed E-state index contributed by atoms with van der Waals surface area (Å²) in [5.74, 6) is -0.140. The molecule has 0 rings (SSSR count). The molecule has 0 N–H and O–H groups in total. The second-order valence-corrected chi connectivity index (χ2v) is 6.28. The van der Waals surface area contributed by atoms with Crippen LogP contribution in [0.2, 0.25) is 0 Å². The van der Waals surface area contributed by atoms with Crippen molar-refractivity contribution < 1.29 is 9.53 Å². The summed E-state index contributed by atoms with van der Waals surface area (Å²) >= 11 is 0. The summed E-state index contributed by atoms with van der Waals surface area (Å²) in [6, 6.07) is 0. The molecule has 1 unspecified atom stereocenters. The van der Waals surface area contributed by atoms with Gasteiger partial charge in [-0.2, -0.15) is 0 Å². The maximum atomic E-state index is 10.8. The number of esters is 1. The van der Waals surface area contributed by atoms with Crippen LogP contribution in [0.3, 0.4) is 0 Å². The van der Waals surface area contributed by atoms with Crippen LogP contribution < -0.4 is 0 Å². The Kier molecular flexibility index (Phi) is 45.2. The van der Waals surface area contributed by atoms with Gasteiger partial charge in [-0.05, 0) is 19.3 Å². The van der Waals surface area contributed by atoms with E-state index in [0.717, 1.165) is 19.3 Å². The quantitative estimate of drug-likeness (QED) is 0.237. The van der Waals surface area contributed by atoms with Crippen molar-refractivity contribution in [2.45, 2.75) is 152 Å². The molecule has 162 valence electrons. The minimum Gasteiger partial charge on any atom is -0.463 e. The van der Waals surface area contributed by atoms with Crippen LogP contribution >= 0.6 is 0 Å². The first-order valence-corrected chi connectivity index (χ1v) is 11.8. The molecule has 0 saturated carbocycles. The van der Waals surface area contributed by atoms with E-state index < -0.39 is 0 Å². The van der Waals surface area contributed by atoms with E-state index in [1.54, 1.807) is 0 Å². The lowest BCUT2D eigenvalue weighted by atomic mass is 10.1. The molecular formula is C24H54O2. The third kappa shape index (κ3) is 38.8. The fraction of sp³-hybridized carbons (Fsp3) is 0.958. The maximum absolute atomic E-state index is 10.8.